The molecule has 3 aromatic carbocycles. The Labute approximate surface area is 337 Å². The van der Waals surface area contributed by atoms with E-state index in [0.717, 1.165) is 59.1 Å². The third-order valence-electron chi connectivity index (χ3n) is 13.0. The van der Waals surface area contributed by atoms with E-state index >= 15 is 0 Å². The Morgan fingerprint density at radius 2 is 1.51 bits per heavy atom. The number of nitrogens with one attached hydrogen (secondary N) is 1. The Kier molecular flexibility index (Phi) is 9.68. The van der Waals surface area contributed by atoms with Crippen molar-refractivity contribution in [3.8, 4) is 5.75 Å². The molecule has 5 amide bonds. The van der Waals surface area contributed by atoms with E-state index in [1.165, 1.54) is 7.05 Å². The molecule has 8 rings (SSSR count). The number of carbonyl (C=O) groups is 5. The topological polar surface area (TPSA) is 124 Å². The largest absolute Gasteiger partial charge is 0.489 e. The van der Waals surface area contributed by atoms with Gasteiger partial charge in [0.15, 0.2) is 0 Å². The summed E-state index contributed by atoms with van der Waals surface area (Å²) >= 11 is 6.26. The number of piperidine rings is 2. The first-order chi connectivity index (χ1) is 27.1. The molecule has 0 radical (unpaired) electrons. The van der Waals surface area contributed by atoms with E-state index in [0.29, 0.717) is 52.2 Å². The van der Waals surface area contributed by atoms with Gasteiger partial charge in [-0.2, -0.15) is 0 Å². The number of halogens is 1. The van der Waals surface area contributed by atoms with Crippen molar-refractivity contribution in [1.29, 1.82) is 0 Å². The minimum atomic E-state index is -0.952. The highest BCUT2D eigenvalue weighted by atomic mass is 35.5. The van der Waals surface area contributed by atoms with Gasteiger partial charge < -0.3 is 15.0 Å². The third-order valence-corrected chi connectivity index (χ3v) is 13.3. The van der Waals surface area contributed by atoms with E-state index in [2.05, 4.69) is 47.7 Å². The minimum Gasteiger partial charge on any atom is -0.489 e. The molecule has 3 aromatic rings. The van der Waals surface area contributed by atoms with Crippen LogP contribution in [0, 0.1) is 23.3 Å². The third kappa shape index (κ3) is 6.64. The first-order valence-corrected chi connectivity index (χ1v) is 20.0. The van der Waals surface area contributed by atoms with Crippen LogP contribution in [-0.2, 0) is 22.7 Å². The van der Waals surface area contributed by atoms with E-state index in [4.69, 9.17) is 22.9 Å². The normalized spacial score (nSPS) is 24.2. The quantitative estimate of drug-likeness (QED) is 0.203. The zero-order valence-corrected chi connectivity index (χ0v) is 33.7. The first-order valence-electron chi connectivity index (χ1n) is 19.6. The zero-order chi connectivity index (χ0) is 40.6. The molecule has 1 unspecified atom stereocenters. The Balaban J connectivity index is 0.823. The number of hydrogen-bond donors (Lipinski definition) is 1. The molecule has 1 saturated carbocycles. The number of hydrogen-bond acceptors (Lipinski definition) is 8. The lowest BCUT2D eigenvalue weighted by atomic mass is 9.49. The number of carbonyl (C=O) groups excluding carboxylic acids is 5. The Bertz CT molecular complexity index is 2180. The number of imide groups is 2. The van der Waals surface area contributed by atoms with Crippen LogP contribution in [0.5, 0.6) is 5.75 Å². The van der Waals surface area contributed by atoms with Gasteiger partial charge >= 0.3 is 0 Å². The number of nitrogens with zero attached hydrogens (tertiary/aromatic N) is 5. The summed E-state index contributed by atoms with van der Waals surface area (Å²) < 4.78 is 6.38. The Morgan fingerprint density at radius 1 is 0.895 bits per heavy atom. The van der Waals surface area contributed by atoms with Crippen LogP contribution in [0.3, 0.4) is 0 Å². The number of likely N-dealkylation sites (tertiary alicyclic amines) is 1. The maximum Gasteiger partial charge on any atom is 0.262 e. The van der Waals surface area contributed by atoms with E-state index in [1.54, 1.807) is 18.2 Å². The minimum absolute atomic E-state index is 0.118. The van der Waals surface area contributed by atoms with Crippen LogP contribution < -0.4 is 15.0 Å². The van der Waals surface area contributed by atoms with Crippen LogP contribution in [0.2, 0.25) is 5.02 Å². The standard InChI is InChI=1S/C44H47ClN6O6/c1-43(2)41(44(3,4)42(43)57-30-11-12-34(46-5)33(45)21-30)47-37(53)26-7-9-29(10-8-26)50-17-15-25(16-18-50)22-49-23-27-19-31-32(20-28(27)24-49)39(55)51(38(31)54)35-13-14-36(52)48(6)40(35)56/h7-12,19-21,25,35,41-42H,13-18,22-24H2,1-4,6H3,(H,47,53). The van der Waals surface area contributed by atoms with E-state index in [-0.39, 0.29) is 47.6 Å². The van der Waals surface area contributed by atoms with Gasteiger partial charge in [0.25, 0.3) is 23.6 Å². The van der Waals surface area contributed by atoms with Gasteiger partial charge in [0.2, 0.25) is 11.6 Å². The molecule has 1 aliphatic carbocycles. The summed E-state index contributed by atoms with van der Waals surface area (Å²) in [6.07, 6.45) is 2.13. The summed E-state index contributed by atoms with van der Waals surface area (Å²) in [4.78, 5) is 75.4. The molecule has 0 spiro atoms. The number of likely N-dealkylation sites (N-methyl/N-ethyl adjacent to an activating group) is 1. The van der Waals surface area contributed by atoms with Crippen LogP contribution in [0.25, 0.3) is 4.85 Å². The van der Waals surface area contributed by atoms with Crippen LogP contribution >= 0.6 is 11.6 Å². The van der Waals surface area contributed by atoms with Crippen LogP contribution in [0.1, 0.15) is 95.6 Å². The highest BCUT2D eigenvalue weighted by Crippen LogP contribution is 2.56. The average Bonchev–Trinajstić information content (AvgIpc) is 3.69. The van der Waals surface area contributed by atoms with Crippen molar-refractivity contribution in [2.45, 2.75) is 84.7 Å². The van der Waals surface area contributed by atoms with Crippen molar-refractivity contribution in [3.05, 3.63) is 98.9 Å². The Hall–Kier alpha value is -5.25. The fourth-order valence-electron chi connectivity index (χ4n) is 10.1. The molecule has 1 N–H and O–H groups in total. The first kappa shape index (κ1) is 38.6. The van der Waals surface area contributed by atoms with Crippen molar-refractivity contribution in [1.82, 2.24) is 20.0 Å². The summed E-state index contributed by atoms with van der Waals surface area (Å²) in [5.74, 6) is -0.762. The molecule has 13 heteroatoms. The van der Waals surface area contributed by atoms with Gasteiger partial charge in [-0.3, -0.25) is 38.7 Å². The number of ether oxygens (including phenoxy) is 1. The molecular formula is C44H47ClN6O6. The predicted molar refractivity (Wildman–Crippen MR) is 214 cm³/mol. The van der Waals surface area contributed by atoms with Gasteiger partial charge in [0.1, 0.15) is 17.9 Å². The maximum absolute atomic E-state index is 13.5. The van der Waals surface area contributed by atoms with Crippen molar-refractivity contribution in [2.75, 3.05) is 31.6 Å². The number of rotatable bonds is 8. The fourth-order valence-corrected chi connectivity index (χ4v) is 10.4. The molecule has 3 fully saturated rings. The van der Waals surface area contributed by atoms with Crippen molar-refractivity contribution >= 4 is 52.5 Å². The molecule has 4 heterocycles. The second-order valence-electron chi connectivity index (χ2n) is 17.4. The van der Waals surface area contributed by atoms with Crippen molar-refractivity contribution in [2.24, 2.45) is 16.7 Å². The summed E-state index contributed by atoms with van der Waals surface area (Å²) in [5.41, 5.74) is 4.11. The number of benzene rings is 3. The Morgan fingerprint density at radius 3 is 2.09 bits per heavy atom. The molecule has 296 valence electrons. The summed E-state index contributed by atoms with van der Waals surface area (Å²) in [5, 5.41) is 3.63. The lowest BCUT2D eigenvalue weighted by Crippen LogP contribution is -2.74. The van der Waals surface area contributed by atoms with Crippen molar-refractivity contribution < 1.29 is 28.7 Å². The summed E-state index contributed by atoms with van der Waals surface area (Å²) in [6.45, 7) is 19.7. The van der Waals surface area contributed by atoms with Gasteiger partial charge in [-0.15, -0.1) is 0 Å². The highest BCUT2D eigenvalue weighted by molar-refractivity contribution is 6.33. The van der Waals surface area contributed by atoms with Crippen LogP contribution in [0.4, 0.5) is 11.4 Å². The number of anilines is 1. The summed E-state index contributed by atoms with van der Waals surface area (Å²) in [6, 6.07) is 15.5. The maximum atomic E-state index is 13.5. The second kappa shape index (κ2) is 14.3. The zero-order valence-electron chi connectivity index (χ0n) is 32.9. The molecule has 5 aliphatic rings. The average molecular weight is 791 g/mol. The molecular weight excluding hydrogens is 744 g/mol. The van der Waals surface area contributed by atoms with E-state index in [1.807, 2.05) is 36.4 Å². The fraction of sp³-hybridized carbons (Fsp3) is 0.455. The van der Waals surface area contributed by atoms with Crippen molar-refractivity contribution in [3.63, 3.8) is 0 Å². The molecule has 57 heavy (non-hydrogen) atoms. The highest BCUT2D eigenvalue weighted by Gasteiger charge is 2.64. The van der Waals surface area contributed by atoms with Gasteiger partial charge in [-0.1, -0.05) is 45.4 Å². The lowest BCUT2D eigenvalue weighted by Gasteiger charge is -2.63. The predicted octanol–water partition coefficient (Wildman–Crippen LogP) is 6.48. The van der Waals surface area contributed by atoms with Crippen LogP contribution in [0.15, 0.2) is 54.6 Å². The smallest absolute Gasteiger partial charge is 0.262 e. The van der Waals surface area contributed by atoms with E-state index in [9.17, 15) is 24.0 Å². The van der Waals surface area contributed by atoms with Crippen LogP contribution in [-0.4, -0.2) is 89.1 Å². The number of fused-ring (bicyclic) bond motifs is 2. The van der Waals surface area contributed by atoms with Gasteiger partial charge in [0, 0.05) is 74.3 Å². The number of amides is 5. The van der Waals surface area contributed by atoms with Gasteiger partial charge in [0.05, 0.1) is 22.7 Å². The molecule has 1 atom stereocenters. The molecule has 0 aromatic heterocycles. The monoisotopic (exact) mass is 790 g/mol. The summed E-state index contributed by atoms with van der Waals surface area (Å²) in [7, 11) is 1.39. The van der Waals surface area contributed by atoms with Gasteiger partial charge in [-0.05, 0) is 84.8 Å². The second-order valence-corrected chi connectivity index (χ2v) is 17.8. The molecule has 4 aliphatic heterocycles. The van der Waals surface area contributed by atoms with E-state index < -0.39 is 23.8 Å². The molecule has 12 nitrogen and oxygen atoms in total. The molecule has 2 saturated heterocycles. The lowest BCUT2D eigenvalue weighted by molar-refractivity contribution is -0.164. The molecule has 0 bridgehead atoms. The van der Waals surface area contributed by atoms with Gasteiger partial charge in [-0.25, -0.2) is 4.85 Å². The SMILES string of the molecule is [C-]#[N+]c1ccc(OC2C(C)(C)C(NC(=O)c3ccc(N4CCC(CN5Cc6cc7c(cc6C5)C(=O)N(C5CCC(=O)N(C)C5=O)C7=O)CC4)cc3)C2(C)C)cc1Cl.